The molecule has 1 fully saturated rings. The molecule has 1 amide bonds. The summed E-state index contributed by atoms with van der Waals surface area (Å²) in [5, 5.41) is 3.44. The molecule has 4 nitrogen and oxygen atoms in total. The highest BCUT2D eigenvalue weighted by Crippen LogP contribution is 2.49. The molecule has 0 unspecified atom stereocenters. The van der Waals surface area contributed by atoms with Crippen LogP contribution in [0.3, 0.4) is 0 Å². The van der Waals surface area contributed by atoms with Gasteiger partial charge in [-0.05, 0) is 55.6 Å². The molecule has 1 aliphatic rings. The zero-order valence-corrected chi connectivity index (χ0v) is 14.1. The number of pyridine rings is 1. The van der Waals surface area contributed by atoms with Gasteiger partial charge >= 0.3 is 6.09 Å². The van der Waals surface area contributed by atoms with Crippen molar-refractivity contribution in [2.24, 2.45) is 0 Å². The normalized spacial score (nSPS) is 16.6. The van der Waals surface area contributed by atoms with Crippen molar-refractivity contribution in [2.45, 2.75) is 44.6 Å². The standard InChI is InChI=1S/C14H18BrClN2O2/c1-13(2,3)20-12(19)18-8-14(4-5-14)11-10(16)6-9(15)7-17-11/h6-7H,4-5,8H2,1-3H3,(H,18,19). The van der Waals surface area contributed by atoms with Gasteiger partial charge < -0.3 is 10.1 Å². The molecule has 20 heavy (non-hydrogen) atoms. The van der Waals surface area contributed by atoms with Crippen LogP contribution in [0.15, 0.2) is 16.7 Å². The Balaban J connectivity index is 2.00. The largest absolute Gasteiger partial charge is 0.444 e. The van der Waals surface area contributed by atoms with Crippen LogP contribution in [-0.4, -0.2) is 23.2 Å². The third-order valence-electron chi connectivity index (χ3n) is 3.13. The molecule has 1 heterocycles. The quantitative estimate of drug-likeness (QED) is 0.883. The molecule has 0 spiro atoms. The highest BCUT2D eigenvalue weighted by molar-refractivity contribution is 9.10. The highest BCUT2D eigenvalue weighted by atomic mass is 79.9. The molecule has 1 aromatic heterocycles. The molecule has 0 aliphatic heterocycles. The number of carbonyl (C=O) groups excluding carboxylic acids is 1. The predicted octanol–water partition coefficient (Wildman–Crippen LogP) is 4.05. The van der Waals surface area contributed by atoms with Crippen molar-refractivity contribution in [1.29, 1.82) is 0 Å². The fourth-order valence-corrected chi connectivity index (χ4v) is 2.84. The molecular weight excluding hydrogens is 344 g/mol. The van der Waals surface area contributed by atoms with Crippen molar-refractivity contribution in [1.82, 2.24) is 10.3 Å². The van der Waals surface area contributed by atoms with E-state index in [1.807, 2.05) is 26.8 Å². The molecule has 1 saturated carbocycles. The molecule has 1 aliphatic carbocycles. The number of nitrogens with zero attached hydrogens (tertiary/aromatic N) is 1. The van der Waals surface area contributed by atoms with Crippen molar-refractivity contribution in [3.63, 3.8) is 0 Å². The van der Waals surface area contributed by atoms with Gasteiger partial charge in [-0.3, -0.25) is 4.98 Å². The molecule has 0 radical (unpaired) electrons. The minimum absolute atomic E-state index is 0.144. The maximum Gasteiger partial charge on any atom is 0.407 e. The number of amides is 1. The van der Waals surface area contributed by atoms with E-state index >= 15 is 0 Å². The lowest BCUT2D eigenvalue weighted by Crippen LogP contribution is -2.37. The summed E-state index contributed by atoms with van der Waals surface area (Å²) < 4.78 is 6.08. The Kier molecular flexibility index (Phi) is 4.30. The summed E-state index contributed by atoms with van der Waals surface area (Å²) in [6.45, 7) is 6.02. The van der Waals surface area contributed by atoms with Gasteiger partial charge in [0.1, 0.15) is 5.60 Å². The Bertz CT molecular complexity index is 524. The number of rotatable bonds is 3. The van der Waals surface area contributed by atoms with Crippen LogP contribution in [0.2, 0.25) is 5.02 Å². The molecule has 0 bridgehead atoms. The monoisotopic (exact) mass is 360 g/mol. The van der Waals surface area contributed by atoms with Crippen molar-refractivity contribution in [3.05, 3.63) is 27.5 Å². The Morgan fingerprint density at radius 3 is 2.70 bits per heavy atom. The first-order chi connectivity index (χ1) is 9.22. The molecule has 6 heteroatoms. The topological polar surface area (TPSA) is 51.2 Å². The lowest BCUT2D eigenvalue weighted by atomic mass is 10.0. The van der Waals surface area contributed by atoms with Crippen molar-refractivity contribution in [3.8, 4) is 0 Å². The van der Waals surface area contributed by atoms with Gasteiger partial charge in [-0.25, -0.2) is 4.79 Å². The highest BCUT2D eigenvalue weighted by Gasteiger charge is 2.47. The van der Waals surface area contributed by atoms with E-state index in [0.29, 0.717) is 11.6 Å². The Hall–Kier alpha value is -0.810. The minimum atomic E-state index is -0.492. The minimum Gasteiger partial charge on any atom is -0.444 e. The first-order valence-electron chi connectivity index (χ1n) is 6.50. The molecule has 1 aromatic rings. The summed E-state index contributed by atoms with van der Waals surface area (Å²) in [6.07, 6.45) is 3.26. The van der Waals surface area contributed by atoms with Crippen LogP contribution >= 0.6 is 27.5 Å². The van der Waals surface area contributed by atoms with Crippen LogP contribution in [0.4, 0.5) is 4.79 Å². The Morgan fingerprint density at radius 2 is 2.20 bits per heavy atom. The summed E-state index contributed by atoms with van der Waals surface area (Å²) in [4.78, 5) is 16.1. The maximum atomic E-state index is 11.7. The van der Waals surface area contributed by atoms with E-state index in [2.05, 4.69) is 26.2 Å². The number of hydrogen-bond acceptors (Lipinski definition) is 3. The van der Waals surface area contributed by atoms with Gasteiger partial charge in [-0.1, -0.05) is 11.6 Å². The summed E-state index contributed by atoms with van der Waals surface area (Å²) in [6, 6.07) is 1.83. The zero-order chi connectivity index (χ0) is 15.0. The Morgan fingerprint density at radius 1 is 1.55 bits per heavy atom. The van der Waals surface area contributed by atoms with E-state index < -0.39 is 11.7 Å². The van der Waals surface area contributed by atoms with Gasteiger partial charge in [-0.15, -0.1) is 0 Å². The van der Waals surface area contributed by atoms with Gasteiger partial charge in [0.2, 0.25) is 0 Å². The SMILES string of the molecule is CC(C)(C)OC(=O)NCC1(c2ncc(Br)cc2Cl)CC1. The lowest BCUT2D eigenvalue weighted by Gasteiger charge is -2.22. The second-order valence-corrected chi connectivity index (χ2v) is 7.44. The lowest BCUT2D eigenvalue weighted by molar-refractivity contribution is 0.0522. The van der Waals surface area contributed by atoms with E-state index in [4.69, 9.17) is 16.3 Å². The second kappa shape index (κ2) is 5.53. The van der Waals surface area contributed by atoms with Crippen LogP contribution in [0, 0.1) is 0 Å². The van der Waals surface area contributed by atoms with Crippen molar-refractivity contribution < 1.29 is 9.53 Å². The predicted molar refractivity (Wildman–Crippen MR) is 82.1 cm³/mol. The smallest absolute Gasteiger partial charge is 0.407 e. The van der Waals surface area contributed by atoms with Crippen LogP contribution < -0.4 is 5.32 Å². The van der Waals surface area contributed by atoms with Crippen LogP contribution in [0.25, 0.3) is 0 Å². The number of alkyl carbamates (subject to hydrolysis) is 1. The van der Waals surface area contributed by atoms with Crippen LogP contribution in [0.5, 0.6) is 0 Å². The molecule has 1 N–H and O–H groups in total. The average molecular weight is 362 g/mol. The van der Waals surface area contributed by atoms with E-state index in [0.717, 1.165) is 23.0 Å². The first kappa shape index (κ1) is 15.6. The van der Waals surface area contributed by atoms with Gasteiger partial charge in [0, 0.05) is 22.6 Å². The zero-order valence-electron chi connectivity index (χ0n) is 11.8. The molecule has 0 aromatic carbocycles. The molecule has 110 valence electrons. The van der Waals surface area contributed by atoms with E-state index in [1.54, 1.807) is 6.20 Å². The number of carbonyl (C=O) groups is 1. The number of ether oxygens (including phenoxy) is 1. The summed E-state index contributed by atoms with van der Waals surface area (Å²) in [7, 11) is 0. The van der Waals surface area contributed by atoms with Gasteiger partial charge in [-0.2, -0.15) is 0 Å². The third-order valence-corrected chi connectivity index (χ3v) is 3.86. The second-order valence-electron chi connectivity index (χ2n) is 6.12. The van der Waals surface area contributed by atoms with Gasteiger partial charge in [0.25, 0.3) is 0 Å². The molecular formula is C14H18BrClN2O2. The van der Waals surface area contributed by atoms with Gasteiger partial charge in [0.15, 0.2) is 0 Å². The van der Waals surface area contributed by atoms with E-state index in [9.17, 15) is 4.79 Å². The molecule has 0 atom stereocenters. The maximum absolute atomic E-state index is 11.7. The van der Waals surface area contributed by atoms with E-state index in [1.165, 1.54) is 0 Å². The fourth-order valence-electron chi connectivity index (χ4n) is 2.01. The van der Waals surface area contributed by atoms with Crippen molar-refractivity contribution >= 4 is 33.6 Å². The summed E-state index contributed by atoms with van der Waals surface area (Å²) in [5.41, 5.74) is 0.210. The number of halogens is 2. The number of nitrogens with one attached hydrogen (secondary N) is 1. The fraction of sp³-hybridized carbons (Fsp3) is 0.571. The summed E-state index contributed by atoms with van der Waals surface area (Å²) >= 11 is 9.58. The summed E-state index contributed by atoms with van der Waals surface area (Å²) in [5.74, 6) is 0. The number of aromatic nitrogens is 1. The number of hydrogen-bond donors (Lipinski definition) is 1. The molecule has 2 rings (SSSR count). The van der Waals surface area contributed by atoms with Crippen LogP contribution in [-0.2, 0) is 10.2 Å². The van der Waals surface area contributed by atoms with Gasteiger partial charge in [0.05, 0.1) is 10.7 Å². The van der Waals surface area contributed by atoms with E-state index in [-0.39, 0.29) is 5.41 Å². The van der Waals surface area contributed by atoms with Crippen LogP contribution in [0.1, 0.15) is 39.3 Å². The third kappa shape index (κ3) is 3.85. The molecule has 0 saturated heterocycles. The van der Waals surface area contributed by atoms with Crippen molar-refractivity contribution in [2.75, 3.05) is 6.54 Å². The average Bonchev–Trinajstić information content (AvgIpc) is 3.05. The Labute approximate surface area is 132 Å². The first-order valence-corrected chi connectivity index (χ1v) is 7.67.